The summed E-state index contributed by atoms with van der Waals surface area (Å²) in [5.74, 6) is 0.500. The predicted octanol–water partition coefficient (Wildman–Crippen LogP) is 3.39. The summed E-state index contributed by atoms with van der Waals surface area (Å²) in [6.07, 6.45) is 4.30. The van der Waals surface area contributed by atoms with Crippen molar-refractivity contribution in [3.8, 4) is 5.75 Å². The molecule has 21 heavy (non-hydrogen) atoms. The first-order chi connectivity index (χ1) is 10.2. The maximum absolute atomic E-state index is 11.0. The molecule has 1 aromatic heterocycles. The maximum atomic E-state index is 11.0. The Balaban J connectivity index is 2.13. The second-order valence-electron chi connectivity index (χ2n) is 4.54. The number of aromatic nitrogens is 1. The molecule has 2 aromatic rings. The predicted molar refractivity (Wildman–Crippen MR) is 80.4 cm³/mol. The Bertz CT molecular complexity index is 602. The smallest absolute Gasteiger partial charge is 0.275 e. The molecule has 0 aliphatic heterocycles. The first-order valence-electron chi connectivity index (χ1n) is 6.74. The third kappa shape index (κ3) is 4.45. The van der Waals surface area contributed by atoms with Gasteiger partial charge in [0.05, 0.1) is 17.6 Å². The number of anilines is 1. The van der Waals surface area contributed by atoms with Crippen LogP contribution < -0.4 is 10.1 Å². The van der Waals surface area contributed by atoms with Gasteiger partial charge in [-0.05, 0) is 18.1 Å². The molecule has 1 heterocycles. The van der Waals surface area contributed by atoms with E-state index in [9.17, 15) is 10.1 Å². The zero-order chi connectivity index (χ0) is 15.1. The zero-order valence-electron chi connectivity index (χ0n) is 11.8. The normalized spacial score (nSPS) is 10.1. The summed E-state index contributed by atoms with van der Waals surface area (Å²) >= 11 is 0. The van der Waals surface area contributed by atoms with E-state index in [1.807, 2.05) is 19.1 Å². The van der Waals surface area contributed by atoms with Crippen molar-refractivity contribution in [2.75, 3.05) is 11.9 Å². The van der Waals surface area contributed by atoms with Gasteiger partial charge < -0.3 is 10.1 Å². The van der Waals surface area contributed by atoms with E-state index < -0.39 is 4.92 Å². The molecule has 0 atom stereocenters. The minimum Gasteiger partial charge on any atom is -0.493 e. The van der Waals surface area contributed by atoms with E-state index in [0.29, 0.717) is 24.6 Å². The van der Waals surface area contributed by atoms with Gasteiger partial charge in [0.1, 0.15) is 5.75 Å². The van der Waals surface area contributed by atoms with Crippen molar-refractivity contribution >= 4 is 11.4 Å². The number of rotatable bonds is 7. The zero-order valence-corrected chi connectivity index (χ0v) is 11.8. The average molecular weight is 287 g/mol. The Morgan fingerprint density at radius 2 is 2.24 bits per heavy atom. The number of nitro benzene ring substituents is 1. The molecule has 0 aliphatic rings. The van der Waals surface area contributed by atoms with Crippen molar-refractivity contribution < 1.29 is 9.66 Å². The lowest BCUT2D eigenvalue weighted by Crippen LogP contribution is -2.02. The number of nitrogens with zero attached hydrogens (tertiary/aromatic N) is 2. The van der Waals surface area contributed by atoms with Crippen LogP contribution in [0.5, 0.6) is 5.75 Å². The first kappa shape index (κ1) is 14.8. The van der Waals surface area contributed by atoms with E-state index >= 15 is 0 Å². The maximum Gasteiger partial charge on any atom is 0.275 e. The Labute approximate surface area is 122 Å². The molecule has 0 fully saturated rings. The van der Waals surface area contributed by atoms with Crippen molar-refractivity contribution in [1.29, 1.82) is 0 Å². The summed E-state index contributed by atoms with van der Waals surface area (Å²) in [7, 11) is 0. The molecule has 2 rings (SSSR count). The van der Waals surface area contributed by atoms with Crippen LogP contribution in [0.15, 0.2) is 42.7 Å². The first-order valence-corrected chi connectivity index (χ1v) is 6.74. The number of non-ortho nitro benzene ring substituents is 1. The molecule has 0 unspecified atom stereocenters. The van der Waals surface area contributed by atoms with E-state index in [1.54, 1.807) is 18.5 Å². The van der Waals surface area contributed by atoms with Crippen LogP contribution >= 0.6 is 0 Å². The monoisotopic (exact) mass is 287 g/mol. The summed E-state index contributed by atoms with van der Waals surface area (Å²) in [4.78, 5) is 14.6. The number of nitro groups is 1. The Morgan fingerprint density at radius 3 is 2.90 bits per heavy atom. The highest BCUT2D eigenvalue weighted by molar-refractivity contribution is 5.56. The highest BCUT2D eigenvalue weighted by Crippen LogP contribution is 2.26. The topological polar surface area (TPSA) is 77.3 Å². The standard InChI is InChI=1S/C15H17N3O3/c1-2-6-21-15-8-13(7-14(9-15)18(19)20)17-11-12-4-3-5-16-10-12/h3-5,7-10,17H,2,6,11H2,1H3. The number of pyridine rings is 1. The molecule has 6 heteroatoms. The van der Waals surface area contributed by atoms with Gasteiger partial charge in [0.25, 0.3) is 5.69 Å². The number of hydrogen-bond acceptors (Lipinski definition) is 5. The van der Waals surface area contributed by atoms with Crippen LogP contribution in [0.1, 0.15) is 18.9 Å². The summed E-state index contributed by atoms with van der Waals surface area (Å²) in [6, 6.07) is 8.48. The summed E-state index contributed by atoms with van der Waals surface area (Å²) in [6.45, 7) is 3.06. The fraction of sp³-hybridized carbons (Fsp3) is 0.267. The van der Waals surface area contributed by atoms with Crippen LogP contribution in [0.25, 0.3) is 0 Å². The molecule has 0 saturated carbocycles. The van der Waals surface area contributed by atoms with Crippen molar-refractivity contribution in [2.45, 2.75) is 19.9 Å². The van der Waals surface area contributed by atoms with E-state index in [-0.39, 0.29) is 5.69 Å². The lowest BCUT2D eigenvalue weighted by molar-refractivity contribution is -0.384. The molecule has 0 aliphatic carbocycles. The molecule has 0 spiro atoms. The summed E-state index contributed by atoms with van der Waals surface area (Å²) in [5.41, 5.74) is 1.66. The average Bonchev–Trinajstić information content (AvgIpc) is 2.51. The molecule has 6 nitrogen and oxygen atoms in total. The van der Waals surface area contributed by atoms with Gasteiger partial charge >= 0.3 is 0 Å². The Kier molecular flexibility index (Phi) is 5.09. The molecule has 1 aromatic carbocycles. The van der Waals surface area contributed by atoms with Crippen molar-refractivity contribution in [3.05, 3.63) is 58.4 Å². The van der Waals surface area contributed by atoms with Gasteiger partial charge in [-0.15, -0.1) is 0 Å². The third-order valence-electron chi connectivity index (χ3n) is 2.79. The van der Waals surface area contributed by atoms with Gasteiger partial charge in [-0.1, -0.05) is 13.0 Å². The molecule has 1 N–H and O–H groups in total. The minimum absolute atomic E-state index is 0.0114. The molecule has 0 radical (unpaired) electrons. The Morgan fingerprint density at radius 1 is 1.38 bits per heavy atom. The largest absolute Gasteiger partial charge is 0.493 e. The van der Waals surface area contributed by atoms with E-state index in [4.69, 9.17) is 4.74 Å². The SMILES string of the molecule is CCCOc1cc(NCc2cccnc2)cc([N+](=O)[O-])c1. The Hall–Kier alpha value is -2.63. The highest BCUT2D eigenvalue weighted by atomic mass is 16.6. The van der Waals surface area contributed by atoms with Crippen LogP contribution in [-0.4, -0.2) is 16.5 Å². The molecule has 110 valence electrons. The second kappa shape index (κ2) is 7.23. The van der Waals surface area contributed by atoms with Crippen molar-refractivity contribution in [3.63, 3.8) is 0 Å². The van der Waals surface area contributed by atoms with Crippen molar-refractivity contribution in [1.82, 2.24) is 4.98 Å². The van der Waals surface area contributed by atoms with Gasteiger partial charge in [0.2, 0.25) is 0 Å². The number of ether oxygens (including phenoxy) is 1. The van der Waals surface area contributed by atoms with Gasteiger partial charge in [0.15, 0.2) is 0 Å². The molecule has 0 saturated heterocycles. The third-order valence-corrected chi connectivity index (χ3v) is 2.79. The van der Waals surface area contributed by atoms with E-state index in [0.717, 1.165) is 12.0 Å². The van der Waals surface area contributed by atoms with Crippen LogP contribution in [0.2, 0.25) is 0 Å². The highest BCUT2D eigenvalue weighted by Gasteiger charge is 2.10. The molecule has 0 bridgehead atoms. The van der Waals surface area contributed by atoms with Crippen LogP contribution in [-0.2, 0) is 6.54 Å². The quantitative estimate of drug-likeness (QED) is 0.624. The van der Waals surface area contributed by atoms with Gasteiger partial charge in [-0.25, -0.2) is 0 Å². The number of nitrogens with one attached hydrogen (secondary N) is 1. The van der Waals surface area contributed by atoms with Crippen molar-refractivity contribution in [2.24, 2.45) is 0 Å². The fourth-order valence-electron chi connectivity index (χ4n) is 1.80. The van der Waals surface area contributed by atoms with E-state index in [1.165, 1.54) is 12.1 Å². The summed E-state index contributed by atoms with van der Waals surface area (Å²) < 4.78 is 5.48. The molecular formula is C15H17N3O3. The fourth-order valence-corrected chi connectivity index (χ4v) is 1.80. The molecular weight excluding hydrogens is 270 g/mol. The van der Waals surface area contributed by atoms with E-state index in [2.05, 4.69) is 10.3 Å². The lowest BCUT2D eigenvalue weighted by Gasteiger charge is -2.09. The van der Waals surface area contributed by atoms with Gasteiger partial charge in [-0.2, -0.15) is 0 Å². The van der Waals surface area contributed by atoms with Gasteiger partial charge in [0, 0.05) is 36.8 Å². The number of hydrogen-bond donors (Lipinski definition) is 1. The number of benzene rings is 1. The lowest BCUT2D eigenvalue weighted by atomic mass is 10.2. The molecule has 0 amide bonds. The van der Waals surface area contributed by atoms with Crippen LogP contribution in [0, 0.1) is 10.1 Å². The summed E-state index contributed by atoms with van der Waals surface area (Å²) in [5, 5.41) is 14.1. The van der Waals surface area contributed by atoms with Gasteiger partial charge in [-0.3, -0.25) is 15.1 Å². The second-order valence-corrected chi connectivity index (χ2v) is 4.54. The van der Waals surface area contributed by atoms with Crippen LogP contribution in [0.4, 0.5) is 11.4 Å². The minimum atomic E-state index is -0.423. The van der Waals surface area contributed by atoms with Crippen LogP contribution in [0.3, 0.4) is 0 Å².